The van der Waals surface area contributed by atoms with Gasteiger partial charge in [-0.25, -0.2) is 4.98 Å². The van der Waals surface area contributed by atoms with Crippen molar-refractivity contribution in [3.8, 4) is 11.5 Å². The van der Waals surface area contributed by atoms with Gasteiger partial charge >= 0.3 is 5.97 Å². The van der Waals surface area contributed by atoms with Crippen molar-refractivity contribution < 1.29 is 28.6 Å². The SMILES string of the molecule is COC(=O)CNC(=O)c1ncc(C(=O)NC(c2ccc(OC)cc2)c2ccc(OC)cc2)c(=O)[nH]1. The topological polar surface area (TPSA) is 149 Å². The molecule has 0 unspecified atom stereocenters. The maximum Gasteiger partial charge on any atom is 0.325 e. The summed E-state index contributed by atoms with van der Waals surface area (Å²) >= 11 is 0. The molecule has 1 aromatic heterocycles. The zero-order valence-electron chi connectivity index (χ0n) is 19.3. The quantitative estimate of drug-likeness (QED) is 0.387. The van der Waals surface area contributed by atoms with Gasteiger partial charge in [-0.15, -0.1) is 0 Å². The van der Waals surface area contributed by atoms with Crippen LogP contribution in [-0.4, -0.2) is 55.6 Å². The molecular weight excluding hydrogens is 456 g/mol. The number of esters is 1. The Labute approximate surface area is 200 Å². The first-order chi connectivity index (χ1) is 16.9. The minimum Gasteiger partial charge on any atom is -0.497 e. The molecule has 0 aliphatic rings. The highest BCUT2D eigenvalue weighted by Crippen LogP contribution is 2.26. The molecule has 182 valence electrons. The Hall–Kier alpha value is -4.67. The minimum absolute atomic E-state index is 0.290. The number of carbonyl (C=O) groups excluding carboxylic acids is 3. The first-order valence-electron chi connectivity index (χ1n) is 10.4. The zero-order valence-corrected chi connectivity index (χ0v) is 19.3. The molecule has 3 aromatic rings. The standard InChI is InChI=1S/C24H24N4O7/c1-33-16-8-4-14(5-9-16)20(15-6-10-17(34-2)11-7-15)27-22(30)18-12-25-21(28-23(18)31)24(32)26-13-19(29)35-3/h4-12,20H,13H2,1-3H3,(H,26,32)(H,27,30)(H,25,28,31). The van der Waals surface area contributed by atoms with Crippen molar-refractivity contribution in [2.45, 2.75) is 6.04 Å². The van der Waals surface area contributed by atoms with Crippen molar-refractivity contribution in [3.63, 3.8) is 0 Å². The Morgan fingerprint density at radius 2 is 1.43 bits per heavy atom. The van der Waals surface area contributed by atoms with Gasteiger partial charge in [0.05, 0.1) is 27.4 Å². The van der Waals surface area contributed by atoms with E-state index in [0.29, 0.717) is 11.5 Å². The van der Waals surface area contributed by atoms with E-state index in [2.05, 4.69) is 25.3 Å². The van der Waals surface area contributed by atoms with E-state index in [1.54, 1.807) is 62.8 Å². The van der Waals surface area contributed by atoms with E-state index in [4.69, 9.17) is 9.47 Å². The monoisotopic (exact) mass is 480 g/mol. The fourth-order valence-electron chi connectivity index (χ4n) is 3.14. The molecule has 3 N–H and O–H groups in total. The lowest BCUT2D eigenvalue weighted by Gasteiger charge is -2.20. The second-order valence-electron chi connectivity index (χ2n) is 7.19. The fourth-order valence-corrected chi connectivity index (χ4v) is 3.14. The van der Waals surface area contributed by atoms with Gasteiger partial charge in [-0.1, -0.05) is 24.3 Å². The molecule has 0 saturated carbocycles. The van der Waals surface area contributed by atoms with E-state index in [9.17, 15) is 19.2 Å². The van der Waals surface area contributed by atoms with Crippen LogP contribution < -0.4 is 25.7 Å². The van der Waals surface area contributed by atoms with Gasteiger partial charge in [0.2, 0.25) is 0 Å². The average Bonchev–Trinajstić information content (AvgIpc) is 2.90. The van der Waals surface area contributed by atoms with Crippen molar-refractivity contribution in [1.29, 1.82) is 0 Å². The van der Waals surface area contributed by atoms with Crippen LogP contribution in [0.3, 0.4) is 0 Å². The molecule has 0 atom stereocenters. The Bertz CT molecular complexity index is 1210. The second-order valence-corrected chi connectivity index (χ2v) is 7.19. The molecule has 2 aromatic carbocycles. The largest absolute Gasteiger partial charge is 0.497 e. The molecular formula is C24H24N4O7. The van der Waals surface area contributed by atoms with Gasteiger partial charge in [0.25, 0.3) is 17.4 Å². The summed E-state index contributed by atoms with van der Waals surface area (Å²) in [5, 5.41) is 5.09. The van der Waals surface area contributed by atoms with E-state index in [-0.39, 0.29) is 11.4 Å². The summed E-state index contributed by atoms with van der Waals surface area (Å²) in [6.07, 6.45) is 1.00. The number of ether oxygens (including phenoxy) is 3. The summed E-state index contributed by atoms with van der Waals surface area (Å²) in [6.45, 7) is -0.396. The molecule has 0 saturated heterocycles. The van der Waals surface area contributed by atoms with Crippen molar-refractivity contribution >= 4 is 17.8 Å². The highest BCUT2D eigenvalue weighted by atomic mass is 16.5. The van der Waals surface area contributed by atoms with E-state index in [1.807, 2.05) is 0 Å². The number of nitrogens with one attached hydrogen (secondary N) is 3. The number of benzene rings is 2. The molecule has 2 amide bonds. The maximum absolute atomic E-state index is 13.0. The van der Waals surface area contributed by atoms with E-state index in [0.717, 1.165) is 17.3 Å². The molecule has 0 fully saturated rings. The molecule has 0 radical (unpaired) electrons. The summed E-state index contributed by atoms with van der Waals surface area (Å²) in [5.74, 6) is -1.21. The predicted octanol–water partition coefficient (Wildman–Crippen LogP) is 1.21. The summed E-state index contributed by atoms with van der Waals surface area (Å²) in [7, 11) is 4.28. The van der Waals surface area contributed by atoms with Crippen molar-refractivity contribution in [1.82, 2.24) is 20.6 Å². The smallest absolute Gasteiger partial charge is 0.325 e. The zero-order chi connectivity index (χ0) is 25.4. The summed E-state index contributed by atoms with van der Waals surface area (Å²) in [5.41, 5.74) is 0.380. The van der Waals surface area contributed by atoms with E-state index < -0.39 is 35.9 Å². The molecule has 1 heterocycles. The van der Waals surface area contributed by atoms with Gasteiger partial charge in [-0.2, -0.15) is 0 Å². The Balaban J connectivity index is 1.85. The number of hydrogen-bond donors (Lipinski definition) is 3. The maximum atomic E-state index is 13.0. The fraction of sp³-hybridized carbons (Fsp3) is 0.208. The highest BCUT2D eigenvalue weighted by Gasteiger charge is 2.21. The van der Waals surface area contributed by atoms with Gasteiger partial charge in [0.15, 0.2) is 5.82 Å². The number of aromatic nitrogens is 2. The van der Waals surface area contributed by atoms with Gasteiger partial charge in [-0.3, -0.25) is 19.2 Å². The summed E-state index contributed by atoms with van der Waals surface area (Å²) in [4.78, 5) is 54.9. The molecule has 0 aliphatic heterocycles. The molecule has 11 nitrogen and oxygen atoms in total. The molecule has 3 rings (SSSR count). The minimum atomic E-state index is -0.816. The first-order valence-corrected chi connectivity index (χ1v) is 10.4. The van der Waals surface area contributed by atoms with Crippen LogP contribution >= 0.6 is 0 Å². The van der Waals surface area contributed by atoms with E-state index in [1.165, 1.54) is 7.11 Å². The Kier molecular flexibility index (Phi) is 8.17. The van der Waals surface area contributed by atoms with Crippen LogP contribution in [0.1, 0.15) is 38.1 Å². The number of H-pyrrole nitrogens is 1. The lowest BCUT2D eigenvalue weighted by molar-refractivity contribution is -0.139. The number of hydrogen-bond acceptors (Lipinski definition) is 8. The lowest BCUT2D eigenvalue weighted by atomic mass is 9.98. The average molecular weight is 480 g/mol. The first kappa shape index (κ1) is 25.0. The van der Waals surface area contributed by atoms with Crippen LogP contribution in [0.2, 0.25) is 0 Å². The Morgan fingerprint density at radius 3 is 1.89 bits per heavy atom. The number of methoxy groups -OCH3 is 3. The summed E-state index contributed by atoms with van der Waals surface area (Å²) < 4.78 is 14.8. The molecule has 11 heteroatoms. The number of rotatable bonds is 9. The molecule has 0 bridgehead atoms. The van der Waals surface area contributed by atoms with Crippen LogP contribution in [-0.2, 0) is 9.53 Å². The van der Waals surface area contributed by atoms with E-state index >= 15 is 0 Å². The van der Waals surface area contributed by atoms with Crippen LogP contribution in [0.25, 0.3) is 0 Å². The number of carbonyl (C=O) groups is 3. The van der Waals surface area contributed by atoms with Crippen molar-refractivity contribution in [3.05, 3.63) is 87.6 Å². The third-order valence-corrected chi connectivity index (χ3v) is 5.05. The van der Waals surface area contributed by atoms with Crippen molar-refractivity contribution in [2.75, 3.05) is 27.9 Å². The summed E-state index contributed by atoms with van der Waals surface area (Å²) in [6, 6.07) is 13.6. The van der Waals surface area contributed by atoms with Crippen LogP contribution in [0.4, 0.5) is 0 Å². The number of aromatic amines is 1. The van der Waals surface area contributed by atoms with Crippen molar-refractivity contribution in [2.24, 2.45) is 0 Å². The van der Waals surface area contributed by atoms with Gasteiger partial charge in [-0.05, 0) is 35.4 Å². The lowest BCUT2D eigenvalue weighted by Crippen LogP contribution is -2.36. The second kappa shape index (κ2) is 11.5. The van der Waals surface area contributed by atoms with Gasteiger partial charge in [0.1, 0.15) is 23.6 Å². The van der Waals surface area contributed by atoms with Crippen LogP contribution in [0.5, 0.6) is 11.5 Å². The van der Waals surface area contributed by atoms with Crippen LogP contribution in [0, 0.1) is 0 Å². The van der Waals surface area contributed by atoms with Gasteiger partial charge in [0, 0.05) is 6.20 Å². The predicted molar refractivity (Wildman–Crippen MR) is 125 cm³/mol. The van der Waals surface area contributed by atoms with Crippen LogP contribution in [0.15, 0.2) is 59.5 Å². The highest BCUT2D eigenvalue weighted by molar-refractivity contribution is 5.95. The third kappa shape index (κ3) is 6.22. The Morgan fingerprint density at radius 1 is 0.886 bits per heavy atom. The molecule has 0 aliphatic carbocycles. The molecule has 0 spiro atoms. The number of amides is 2. The third-order valence-electron chi connectivity index (χ3n) is 5.05. The van der Waals surface area contributed by atoms with Gasteiger partial charge < -0.3 is 29.8 Å². The number of nitrogens with zero attached hydrogens (tertiary/aromatic N) is 1. The molecule has 35 heavy (non-hydrogen) atoms. The normalized spacial score (nSPS) is 10.4.